The summed E-state index contributed by atoms with van der Waals surface area (Å²) in [6, 6.07) is 8.69. The fourth-order valence-corrected chi connectivity index (χ4v) is 2.16. The quantitative estimate of drug-likeness (QED) is 0.562. The average molecular weight is 432 g/mol. The molecule has 1 aromatic carbocycles. The van der Waals surface area contributed by atoms with Gasteiger partial charge in [0, 0.05) is 4.47 Å². The first-order chi connectivity index (χ1) is 10.6. The molecule has 2 aromatic rings. The number of hydrogen-bond donors (Lipinski definition) is 1. The minimum absolute atomic E-state index is 0.183. The predicted molar refractivity (Wildman–Crippen MR) is 88.3 cm³/mol. The Balaban J connectivity index is 1.84. The zero-order valence-electron chi connectivity index (χ0n) is 11.5. The molecule has 6 nitrogen and oxygen atoms in total. The molecule has 0 radical (unpaired) electrons. The van der Waals surface area contributed by atoms with E-state index in [2.05, 4.69) is 42.4 Å². The van der Waals surface area contributed by atoms with Crippen molar-refractivity contribution in [2.45, 2.75) is 0 Å². The van der Waals surface area contributed by atoms with E-state index in [1.807, 2.05) is 0 Å². The Kier molecular flexibility index (Phi) is 6.02. The first kappa shape index (κ1) is 16.6. The van der Waals surface area contributed by atoms with E-state index in [1.165, 1.54) is 13.3 Å². The Labute approximate surface area is 143 Å². The van der Waals surface area contributed by atoms with Gasteiger partial charge in [-0.05, 0) is 46.3 Å². The number of carbonyl (C=O) groups is 1. The van der Waals surface area contributed by atoms with Gasteiger partial charge in [-0.3, -0.25) is 4.79 Å². The van der Waals surface area contributed by atoms with Crippen LogP contribution in [-0.2, 0) is 4.79 Å². The molecule has 0 aliphatic heterocycles. The number of rotatable bonds is 6. The molecule has 0 aliphatic rings. The van der Waals surface area contributed by atoms with E-state index in [4.69, 9.17) is 13.9 Å². The highest BCUT2D eigenvalue weighted by Gasteiger charge is 2.07. The first-order valence-electron chi connectivity index (χ1n) is 6.12. The molecular formula is C14H12Br2N2O4. The molecule has 116 valence electrons. The second-order valence-electron chi connectivity index (χ2n) is 4.02. The van der Waals surface area contributed by atoms with E-state index in [9.17, 15) is 4.79 Å². The number of hydrazone groups is 1. The van der Waals surface area contributed by atoms with Crippen LogP contribution >= 0.6 is 31.9 Å². The molecule has 8 heteroatoms. The van der Waals surface area contributed by atoms with Crippen LogP contribution in [0.5, 0.6) is 11.5 Å². The maximum atomic E-state index is 11.6. The SMILES string of the molecule is COc1cc(Br)ccc1OCC(=O)NN=Cc1ccc(Br)o1. The lowest BCUT2D eigenvalue weighted by atomic mass is 10.3. The van der Waals surface area contributed by atoms with Gasteiger partial charge in [-0.1, -0.05) is 15.9 Å². The molecule has 1 amide bonds. The van der Waals surface area contributed by atoms with Crippen molar-refractivity contribution in [2.75, 3.05) is 13.7 Å². The molecule has 1 aromatic heterocycles. The number of methoxy groups -OCH3 is 1. The lowest BCUT2D eigenvalue weighted by Gasteiger charge is -2.09. The number of nitrogens with one attached hydrogen (secondary N) is 1. The van der Waals surface area contributed by atoms with Crippen LogP contribution in [0, 0.1) is 0 Å². The fraction of sp³-hybridized carbons (Fsp3) is 0.143. The fourth-order valence-electron chi connectivity index (χ4n) is 1.50. The number of hydrogen-bond acceptors (Lipinski definition) is 5. The van der Waals surface area contributed by atoms with Gasteiger partial charge in [0.2, 0.25) is 0 Å². The number of carbonyl (C=O) groups excluding carboxylic acids is 1. The van der Waals surface area contributed by atoms with Gasteiger partial charge in [-0.2, -0.15) is 5.10 Å². The number of nitrogens with zero attached hydrogens (tertiary/aromatic N) is 1. The van der Waals surface area contributed by atoms with Crippen molar-refractivity contribution in [3.05, 3.63) is 45.2 Å². The van der Waals surface area contributed by atoms with Crippen molar-refractivity contribution in [3.63, 3.8) is 0 Å². The number of benzene rings is 1. The van der Waals surface area contributed by atoms with Crippen LogP contribution < -0.4 is 14.9 Å². The molecule has 0 saturated carbocycles. The molecule has 0 atom stereocenters. The van der Waals surface area contributed by atoms with Gasteiger partial charge in [-0.25, -0.2) is 5.43 Å². The topological polar surface area (TPSA) is 73.1 Å². The summed E-state index contributed by atoms with van der Waals surface area (Å²) < 4.78 is 17.2. The van der Waals surface area contributed by atoms with Gasteiger partial charge < -0.3 is 13.9 Å². The third-order valence-corrected chi connectivity index (χ3v) is 3.38. The van der Waals surface area contributed by atoms with Crippen LogP contribution in [0.25, 0.3) is 0 Å². The maximum absolute atomic E-state index is 11.6. The Bertz CT molecular complexity index is 685. The molecule has 2 rings (SSSR count). The lowest BCUT2D eigenvalue weighted by Crippen LogP contribution is -2.24. The highest BCUT2D eigenvalue weighted by Crippen LogP contribution is 2.29. The van der Waals surface area contributed by atoms with Crippen molar-refractivity contribution >= 4 is 44.0 Å². The zero-order chi connectivity index (χ0) is 15.9. The lowest BCUT2D eigenvalue weighted by molar-refractivity contribution is -0.123. The van der Waals surface area contributed by atoms with Crippen LogP contribution in [0.2, 0.25) is 0 Å². The van der Waals surface area contributed by atoms with Gasteiger partial charge in [0.25, 0.3) is 5.91 Å². The Morgan fingerprint density at radius 1 is 1.32 bits per heavy atom. The molecule has 0 saturated heterocycles. The minimum atomic E-state index is -0.396. The molecule has 0 fully saturated rings. The number of amides is 1. The van der Waals surface area contributed by atoms with Crippen molar-refractivity contribution in [1.29, 1.82) is 0 Å². The maximum Gasteiger partial charge on any atom is 0.277 e. The summed E-state index contributed by atoms with van der Waals surface area (Å²) in [7, 11) is 1.53. The summed E-state index contributed by atoms with van der Waals surface area (Å²) in [5.74, 6) is 1.13. The predicted octanol–water partition coefficient (Wildman–Crippen LogP) is 3.34. The second-order valence-corrected chi connectivity index (χ2v) is 5.72. The Hall–Kier alpha value is -1.80. The largest absolute Gasteiger partial charge is 0.493 e. The number of ether oxygens (including phenoxy) is 2. The highest BCUT2D eigenvalue weighted by molar-refractivity contribution is 9.10. The molecule has 0 bridgehead atoms. The summed E-state index contributed by atoms with van der Waals surface area (Å²) in [4.78, 5) is 11.6. The van der Waals surface area contributed by atoms with Crippen molar-refractivity contribution in [3.8, 4) is 11.5 Å². The van der Waals surface area contributed by atoms with E-state index in [-0.39, 0.29) is 6.61 Å². The van der Waals surface area contributed by atoms with Crippen LogP contribution in [0.4, 0.5) is 0 Å². The van der Waals surface area contributed by atoms with Gasteiger partial charge in [0.05, 0.1) is 13.3 Å². The van der Waals surface area contributed by atoms with Gasteiger partial charge >= 0.3 is 0 Å². The standard InChI is InChI=1S/C14H12Br2N2O4/c1-20-12-6-9(15)2-4-11(12)21-8-14(19)18-17-7-10-3-5-13(16)22-10/h2-7H,8H2,1H3,(H,18,19). The Morgan fingerprint density at radius 2 is 2.14 bits per heavy atom. The van der Waals surface area contributed by atoms with Gasteiger partial charge in [0.1, 0.15) is 5.76 Å². The summed E-state index contributed by atoms with van der Waals surface area (Å²) in [5.41, 5.74) is 2.34. The summed E-state index contributed by atoms with van der Waals surface area (Å²) in [6.07, 6.45) is 1.39. The summed E-state index contributed by atoms with van der Waals surface area (Å²) in [6.45, 7) is -0.183. The van der Waals surface area contributed by atoms with Gasteiger partial charge in [-0.15, -0.1) is 0 Å². The van der Waals surface area contributed by atoms with Crippen LogP contribution in [0.3, 0.4) is 0 Å². The third kappa shape index (κ3) is 4.88. The van der Waals surface area contributed by atoms with Crippen molar-refractivity contribution in [2.24, 2.45) is 5.10 Å². The van der Waals surface area contributed by atoms with E-state index >= 15 is 0 Å². The molecule has 1 N–H and O–H groups in total. The zero-order valence-corrected chi connectivity index (χ0v) is 14.7. The van der Waals surface area contributed by atoms with E-state index in [1.54, 1.807) is 30.3 Å². The molecule has 0 spiro atoms. The van der Waals surface area contributed by atoms with E-state index < -0.39 is 5.91 Å². The number of furan rings is 1. The van der Waals surface area contributed by atoms with E-state index in [0.717, 1.165) is 4.47 Å². The van der Waals surface area contributed by atoms with Crippen LogP contribution in [0.1, 0.15) is 5.76 Å². The van der Waals surface area contributed by atoms with E-state index in [0.29, 0.717) is 21.9 Å². The summed E-state index contributed by atoms with van der Waals surface area (Å²) >= 11 is 6.50. The summed E-state index contributed by atoms with van der Waals surface area (Å²) in [5, 5.41) is 3.77. The Morgan fingerprint density at radius 3 is 2.82 bits per heavy atom. The monoisotopic (exact) mass is 430 g/mol. The minimum Gasteiger partial charge on any atom is -0.493 e. The smallest absolute Gasteiger partial charge is 0.277 e. The number of halogens is 2. The molecule has 0 unspecified atom stereocenters. The molecular weight excluding hydrogens is 420 g/mol. The normalized spacial score (nSPS) is 10.7. The third-order valence-electron chi connectivity index (χ3n) is 2.46. The van der Waals surface area contributed by atoms with Crippen LogP contribution in [0.15, 0.2) is 49.0 Å². The molecule has 1 heterocycles. The highest BCUT2D eigenvalue weighted by atomic mass is 79.9. The second kappa shape index (κ2) is 8.00. The van der Waals surface area contributed by atoms with Crippen molar-refractivity contribution < 1.29 is 18.7 Å². The van der Waals surface area contributed by atoms with Gasteiger partial charge in [0.15, 0.2) is 22.8 Å². The average Bonchev–Trinajstić information content (AvgIpc) is 2.91. The molecule has 0 aliphatic carbocycles. The molecule has 22 heavy (non-hydrogen) atoms. The first-order valence-corrected chi connectivity index (χ1v) is 7.70. The van der Waals surface area contributed by atoms with Crippen molar-refractivity contribution in [1.82, 2.24) is 5.43 Å². The van der Waals surface area contributed by atoms with Crippen LogP contribution in [-0.4, -0.2) is 25.8 Å².